The molecule has 0 fully saturated rings. The molecule has 0 unspecified atom stereocenters. The molecule has 0 bridgehead atoms. The summed E-state index contributed by atoms with van der Waals surface area (Å²) in [5.74, 6) is 3.24. The van der Waals surface area contributed by atoms with E-state index in [2.05, 4.69) is 40.0 Å². The minimum Gasteiger partial charge on any atom is -0.234 e. The van der Waals surface area contributed by atoms with Crippen LogP contribution in [-0.2, 0) is 6.42 Å². The molecule has 0 aliphatic heterocycles. The lowest BCUT2D eigenvalue weighted by Gasteiger charge is -2.14. The molecule has 4 heteroatoms. The minimum atomic E-state index is -0.700. The highest BCUT2D eigenvalue weighted by molar-refractivity contribution is 8.35. The van der Waals surface area contributed by atoms with Gasteiger partial charge in [-0.3, -0.25) is 0 Å². The molecule has 3 nitrogen and oxygen atoms in total. The Bertz CT molecular complexity index is 570. The van der Waals surface area contributed by atoms with Crippen LogP contribution in [0.5, 0.6) is 0 Å². The predicted molar refractivity (Wildman–Crippen MR) is 85.8 cm³/mol. The summed E-state index contributed by atoms with van der Waals surface area (Å²) >= 11 is 0. The zero-order valence-electron chi connectivity index (χ0n) is 12.5. The molecule has 0 radical (unpaired) electrons. The Morgan fingerprint density at radius 3 is 2.63 bits per heavy atom. The van der Waals surface area contributed by atoms with Crippen LogP contribution in [0.15, 0.2) is 24.5 Å². The second-order valence-electron chi connectivity index (χ2n) is 4.67. The van der Waals surface area contributed by atoms with Crippen molar-refractivity contribution in [1.82, 2.24) is 14.6 Å². The van der Waals surface area contributed by atoms with E-state index in [4.69, 9.17) is 0 Å². The van der Waals surface area contributed by atoms with Crippen LogP contribution in [0.1, 0.15) is 26.0 Å². The third-order valence-electron chi connectivity index (χ3n) is 2.20. The Morgan fingerprint density at radius 1 is 1.21 bits per heavy atom. The van der Waals surface area contributed by atoms with Gasteiger partial charge in [0.2, 0.25) is 0 Å². The largest absolute Gasteiger partial charge is 0.234 e. The van der Waals surface area contributed by atoms with Crippen LogP contribution in [-0.4, -0.2) is 33.4 Å². The number of fused-ring (bicyclic) bond motifs is 1. The summed E-state index contributed by atoms with van der Waals surface area (Å²) in [6.45, 7) is 4.00. The van der Waals surface area contributed by atoms with Gasteiger partial charge in [-0.25, -0.2) is 9.50 Å². The van der Waals surface area contributed by atoms with Gasteiger partial charge in [-0.2, -0.15) is 15.1 Å². The van der Waals surface area contributed by atoms with Crippen LogP contribution in [0.3, 0.4) is 0 Å². The first-order valence-electron chi connectivity index (χ1n) is 6.52. The molecule has 0 atom stereocenters. The molecule has 0 spiro atoms. The Morgan fingerprint density at radius 2 is 1.95 bits per heavy atom. The summed E-state index contributed by atoms with van der Waals surface area (Å²) in [6.07, 6.45) is 12.1. The molecule has 0 N–H and O–H groups in total. The lowest BCUT2D eigenvalue weighted by Crippen LogP contribution is -1.94. The number of hydrogen-bond acceptors (Lipinski definition) is 2. The summed E-state index contributed by atoms with van der Waals surface area (Å²) in [4.78, 5) is 4.51. The predicted octanol–water partition coefficient (Wildman–Crippen LogP) is 3.34. The minimum absolute atomic E-state index is 0.700. The molecule has 0 aromatic carbocycles. The average molecular weight is 277 g/mol. The van der Waals surface area contributed by atoms with E-state index < -0.39 is 10.0 Å². The fraction of sp³-hybridized carbons (Fsp3) is 0.467. The molecule has 19 heavy (non-hydrogen) atoms. The topological polar surface area (TPSA) is 30.2 Å². The van der Waals surface area contributed by atoms with Gasteiger partial charge in [0, 0.05) is 30.8 Å². The molecule has 0 aliphatic carbocycles. The fourth-order valence-electron chi connectivity index (χ4n) is 1.45. The van der Waals surface area contributed by atoms with E-state index in [1.54, 1.807) is 10.7 Å². The van der Waals surface area contributed by atoms with Gasteiger partial charge in [-0.1, -0.05) is 25.0 Å². The third-order valence-corrected chi connectivity index (χ3v) is 2.96. The maximum absolute atomic E-state index is 4.51. The molecule has 104 valence electrons. The standard InChI is InChI=1S/C13H17N3S.C2H6/c1-17(2,3)11-5-4-6-12-8-10-16-13(15-12)7-9-14-16;1-2/h7-10H,4,6H2,1-3H3;1-2H3. The Kier molecular flexibility index (Phi) is 5.91. The first-order valence-corrected chi connectivity index (χ1v) is 9.37. The quantitative estimate of drug-likeness (QED) is 0.788. The van der Waals surface area contributed by atoms with Crippen molar-refractivity contribution in [2.24, 2.45) is 0 Å². The highest BCUT2D eigenvalue weighted by atomic mass is 32.3. The molecule has 2 rings (SSSR count). The van der Waals surface area contributed by atoms with Crippen molar-refractivity contribution in [3.63, 3.8) is 0 Å². The fourth-order valence-corrected chi connectivity index (χ4v) is 1.98. The van der Waals surface area contributed by atoms with Gasteiger partial charge in [-0.05, 0) is 24.8 Å². The normalized spacial score (nSPS) is 11.2. The van der Waals surface area contributed by atoms with Crippen LogP contribution >= 0.6 is 10.0 Å². The first-order chi connectivity index (χ1) is 9.04. The van der Waals surface area contributed by atoms with E-state index in [0.29, 0.717) is 0 Å². The maximum atomic E-state index is 4.51. The van der Waals surface area contributed by atoms with Crippen molar-refractivity contribution < 1.29 is 0 Å². The van der Waals surface area contributed by atoms with Crippen LogP contribution < -0.4 is 0 Å². The lowest BCUT2D eigenvalue weighted by molar-refractivity contribution is 0.896. The van der Waals surface area contributed by atoms with Gasteiger partial charge in [-0.15, -0.1) is 0 Å². The van der Waals surface area contributed by atoms with Crippen molar-refractivity contribution in [1.29, 1.82) is 0 Å². The van der Waals surface area contributed by atoms with Crippen LogP contribution in [0.25, 0.3) is 5.65 Å². The van der Waals surface area contributed by atoms with Crippen molar-refractivity contribution in [3.8, 4) is 11.2 Å². The number of nitrogens with zero attached hydrogens (tertiary/aromatic N) is 3. The molecule has 0 aliphatic rings. The van der Waals surface area contributed by atoms with E-state index in [0.717, 1.165) is 24.2 Å². The molecular formula is C15H23N3S. The van der Waals surface area contributed by atoms with E-state index in [9.17, 15) is 0 Å². The summed E-state index contributed by atoms with van der Waals surface area (Å²) < 4.78 is 1.77. The van der Waals surface area contributed by atoms with E-state index in [1.807, 2.05) is 32.2 Å². The second-order valence-corrected chi connectivity index (χ2v) is 8.55. The number of rotatable bonds is 2. The van der Waals surface area contributed by atoms with Crippen LogP contribution in [0, 0.1) is 11.2 Å². The summed E-state index contributed by atoms with van der Waals surface area (Å²) in [7, 11) is -0.700. The van der Waals surface area contributed by atoms with Gasteiger partial charge in [0.15, 0.2) is 5.65 Å². The van der Waals surface area contributed by atoms with Gasteiger partial charge in [0.1, 0.15) is 0 Å². The Labute approximate surface area is 117 Å². The van der Waals surface area contributed by atoms with Gasteiger partial charge >= 0.3 is 0 Å². The van der Waals surface area contributed by atoms with Gasteiger partial charge < -0.3 is 0 Å². The van der Waals surface area contributed by atoms with Crippen LogP contribution in [0.4, 0.5) is 0 Å². The van der Waals surface area contributed by atoms with Crippen molar-refractivity contribution >= 4 is 15.7 Å². The molecule has 0 saturated heterocycles. The zero-order chi connectivity index (χ0) is 14.3. The smallest absolute Gasteiger partial charge is 0.155 e. The number of aromatic nitrogens is 3. The van der Waals surface area contributed by atoms with Crippen molar-refractivity contribution in [2.45, 2.75) is 26.7 Å². The molecular weight excluding hydrogens is 254 g/mol. The van der Waals surface area contributed by atoms with Gasteiger partial charge in [0.05, 0.1) is 6.20 Å². The summed E-state index contributed by atoms with van der Waals surface area (Å²) in [6, 6.07) is 3.92. The van der Waals surface area contributed by atoms with Gasteiger partial charge in [0.25, 0.3) is 0 Å². The molecule has 0 saturated carbocycles. The number of aryl methyl sites for hydroxylation is 1. The highest BCUT2D eigenvalue weighted by Gasteiger charge is 1.98. The van der Waals surface area contributed by atoms with Crippen molar-refractivity contribution in [3.05, 3.63) is 30.2 Å². The lowest BCUT2D eigenvalue weighted by atomic mass is 10.2. The first kappa shape index (κ1) is 15.6. The number of hydrogen-bond donors (Lipinski definition) is 0. The zero-order valence-corrected chi connectivity index (χ0v) is 13.3. The second kappa shape index (κ2) is 7.20. The van der Waals surface area contributed by atoms with E-state index >= 15 is 0 Å². The third kappa shape index (κ3) is 5.35. The van der Waals surface area contributed by atoms with E-state index in [1.165, 1.54) is 0 Å². The van der Waals surface area contributed by atoms with Crippen LogP contribution in [0.2, 0.25) is 0 Å². The summed E-state index contributed by atoms with van der Waals surface area (Å²) in [5, 5.41) is 7.43. The van der Waals surface area contributed by atoms with E-state index in [-0.39, 0.29) is 0 Å². The monoisotopic (exact) mass is 277 g/mol. The maximum Gasteiger partial charge on any atom is 0.155 e. The Balaban J connectivity index is 0.000000861. The Hall–Kier alpha value is -1.47. The average Bonchev–Trinajstić information content (AvgIpc) is 2.83. The molecule has 2 aromatic rings. The van der Waals surface area contributed by atoms with Crippen molar-refractivity contribution in [2.75, 3.05) is 18.8 Å². The molecule has 2 aromatic heterocycles. The summed E-state index contributed by atoms with van der Waals surface area (Å²) in [5.41, 5.74) is 1.98. The highest BCUT2D eigenvalue weighted by Crippen LogP contribution is 2.32. The SMILES string of the molecule is CC.CS(C)(C)C#CCCc1ccn2nccc2n1. The molecule has 2 heterocycles. The molecule has 0 amide bonds.